The minimum atomic E-state index is -0.265. The highest BCUT2D eigenvalue weighted by atomic mass is 16.3. The van der Waals surface area contributed by atoms with Crippen molar-refractivity contribution in [3.05, 3.63) is 59.8 Å². The second kappa shape index (κ2) is 6.84. The summed E-state index contributed by atoms with van der Waals surface area (Å²) >= 11 is 0. The summed E-state index contributed by atoms with van der Waals surface area (Å²) in [6.07, 6.45) is 10.5. The number of pyridine rings is 1. The lowest BCUT2D eigenvalue weighted by atomic mass is 9.75. The summed E-state index contributed by atoms with van der Waals surface area (Å²) in [6, 6.07) is 3.86. The Kier molecular flexibility index (Phi) is 4.38. The van der Waals surface area contributed by atoms with E-state index in [1.54, 1.807) is 29.3 Å². The molecule has 3 aromatic heterocycles. The summed E-state index contributed by atoms with van der Waals surface area (Å²) in [6.45, 7) is 1.93. The van der Waals surface area contributed by atoms with Gasteiger partial charge >= 0.3 is 0 Å². The molecule has 0 spiro atoms. The van der Waals surface area contributed by atoms with Crippen LogP contribution in [-0.4, -0.2) is 42.7 Å². The van der Waals surface area contributed by atoms with E-state index >= 15 is 0 Å². The maximum Gasteiger partial charge on any atom is 0.257 e. The number of rotatable bonds is 5. The van der Waals surface area contributed by atoms with Gasteiger partial charge in [0.05, 0.1) is 12.3 Å². The number of aliphatic hydroxyl groups excluding tert-OH is 1. The maximum atomic E-state index is 12.9. The van der Waals surface area contributed by atoms with Gasteiger partial charge in [-0.15, -0.1) is 0 Å². The molecule has 1 aliphatic carbocycles. The monoisotopic (exact) mass is 351 g/mol. The van der Waals surface area contributed by atoms with Crippen molar-refractivity contribution in [3.8, 4) is 0 Å². The number of hydrogen-bond donors (Lipinski definition) is 2. The van der Waals surface area contributed by atoms with Gasteiger partial charge < -0.3 is 10.4 Å². The number of hydrogen-bond acceptors (Lipinski definition) is 5. The molecule has 3 heterocycles. The Morgan fingerprint density at radius 3 is 2.85 bits per heavy atom. The molecule has 3 aromatic rings. The molecule has 7 nitrogen and oxygen atoms in total. The van der Waals surface area contributed by atoms with E-state index in [1.807, 2.05) is 25.3 Å². The highest BCUT2D eigenvalue weighted by Crippen LogP contribution is 2.32. The first-order valence-electron chi connectivity index (χ1n) is 8.78. The van der Waals surface area contributed by atoms with Crippen LogP contribution in [0.25, 0.3) is 5.65 Å². The third-order valence-corrected chi connectivity index (χ3v) is 4.97. The van der Waals surface area contributed by atoms with Crippen molar-refractivity contribution in [2.45, 2.75) is 38.3 Å². The number of fused-ring (bicyclic) bond motifs is 1. The SMILES string of the molecule is Cc1cnc2c(C(=O)N[C@@H](Cc3ccncc3)C3CC(O)C3)cnn2c1. The lowest BCUT2D eigenvalue weighted by molar-refractivity contribution is 0.0239. The summed E-state index contributed by atoms with van der Waals surface area (Å²) in [5.74, 6) is 0.0796. The van der Waals surface area contributed by atoms with Crippen molar-refractivity contribution in [1.82, 2.24) is 24.9 Å². The van der Waals surface area contributed by atoms with Crippen LogP contribution in [0.2, 0.25) is 0 Å². The van der Waals surface area contributed by atoms with Crippen LogP contribution in [0.4, 0.5) is 0 Å². The summed E-state index contributed by atoms with van der Waals surface area (Å²) in [5.41, 5.74) is 3.10. The first-order chi connectivity index (χ1) is 12.6. The molecule has 4 rings (SSSR count). The number of aliphatic hydroxyl groups is 1. The van der Waals surface area contributed by atoms with Crippen LogP contribution in [0, 0.1) is 12.8 Å². The van der Waals surface area contributed by atoms with Crippen LogP contribution in [-0.2, 0) is 6.42 Å². The maximum absolute atomic E-state index is 12.9. The molecule has 1 fully saturated rings. The smallest absolute Gasteiger partial charge is 0.257 e. The average Bonchev–Trinajstić information content (AvgIpc) is 3.02. The van der Waals surface area contributed by atoms with Gasteiger partial charge in [-0.3, -0.25) is 9.78 Å². The van der Waals surface area contributed by atoms with Gasteiger partial charge in [-0.1, -0.05) is 0 Å². The molecular weight excluding hydrogens is 330 g/mol. The van der Waals surface area contributed by atoms with Crippen molar-refractivity contribution in [3.63, 3.8) is 0 Å². The highest BCUT2D eigenvalue weighted by molar-refractivity contribution is 5.99. The van der Waals surface area contributed by atoms with Crippen LogP contribution in [0.15, 0.2) is 43.1 Å². The van der Waals surface area contributed by atoms with E-state index < -0.39 is 0 Å². The predicted molar refractivity (Wildman–Crippen MR) is 95.7 cm³/mol. The number of aromatic nitrogens is 4. The van der Waals surface area contributed by atoms with E-state index in [9.17, 15) is 9.90 Å². The fourth-order valence-corrected chi connectivity index (χ4v) is 3.44. The number of aryl methyl sites for hydroxylation is 1. The largest absolute Gasteiger partial charge is 0.393 e. The Morgan fingerprint density at radius 1 is 1.35 bits per heavy atom. The molecule has 0 aromatic carbocycles. The van der Waals surface area contributed by atoms with Crippen molar-refractivity contribution in [2.75, 3.05) is 0 Å². The molecule has 0 aliphatic heterocycles. The number of carbonyl (C=O) groups is 1. The molecule has 1 aliphatic rings. The Labute approximate surface area is 151 Å². The Morgan fingerprint density at radius 2 is 2.12 bits per heavy atom. The standard InChI is InChI=1S/C19H21N5O2/c1-12-9-21-18-16(10-22-24(18)11-12)19(26)23-17(14-7-15(25)8-14)6-13-2-4-20-5-3-13/h2-5,9-11,14-15,17,25H,6-8H2,1H3,(H,23,26)/t14?,15?,17-/m0/s1. The summed E-state index contributed by atoms with van der Waals surface area (Å²) in [5, 5.41) is 17.0. The van der Waals surface area contributed by atoms with Crippen molar-refractivity contribution in [2.24, 2.45) is 5.92 Å². The van der Waals surface area contributed by atoms with Crippen molar-refractivity contribution in [1.29, 1.82) is 0 Å². The summed E-state index contributed by atoms with van der Waals surface area (Å²) in [7, 11) is 0. The van der Waals surface area contributed by atoms with E-state index in [-0.39, 0.29) is 24.0 Å². The van der Waals surface area contributed by atoms with Gasteiger partial charge in [0.25, 0.3) is 5.91 Å². The van der Waals surface area contributed by atoms with Crippen LogP contribution < -0.4 is 5.32 Å². The highest BCUT2D eigenvalue weighted by Gasteiger charge is 2.35. The van der Waals surface area contributed by atoms with E-state index in [0.717, 1.165) is 11.1 Å². The molecule has 1 atom stereocenters. The minimum absolute atomic E-state index is 0.0475. The van der Waals surface area contributed by atoms with Gasteiger partial charge in [0.2, 0.25) is 0 Å². The molecule has 0 bridgehead atoms. The quantitative estimate of drug-likeness (QED) is 0.727. The van der Waals surface area contributed by atoms with Gasteiger partial charge in [0, 0.05) is 30.8 Å². The molecule has 1 saturated carbocycles. The van der Waals surface area contributed by atoms with E-state index in [0.29, 0.717) is 30.5 Å². The number of carbonyl (C=O) groups excluding carboxylic acids is 1. The fraction of sp³-hybridized carbons (Fsp3) is 0.368. The zero-order valence-corrected chi connectivity index (χ0v) is 14.5. The van der Waals surface area contributed by atoms with Crippen molar-refractivity contribution >= 4 is 11.6 Å². The van der Waals surface area contributed by atoms with Crippen LogP contribution in [0.3, 0.4) is 0 Å². The number of amides is 1. The molecule has 1 amide bonds. The lowest BCUT2D eigenvalue weighted by Crippen LogP contribution is -2.48. The summed E-state index contributed by atoms with van der Waals surface area (Å²) < 4.78 is 1.62. The number of nitrogens with one attached hydrogen (secondary N) is 1. The Balaban J connectivity index is 1.55. The van der Waals surface area contributed by atoms with E-state index in [4.69, 9.17) is 0 Å². The third-order valence-electron chi connectivity index (χ3n) is 4.97. The molecule has 134 valence electrons. The molecule has 0 saturated heterocycles. The van der Waals surface area contributed by atoms with Gasteiger partial charge in [-0.2, -0.15) is 5.10 Å². The zero-order valence-electron chi connectivity index (χ0n) is 14.5. The van der Waals surface area contributed by atoms with Crippen LogP contribution >= 0.6 is 0 Å². The molecule has 0 radical (unpaired) electrons. The molecular formula is C19H21N5O2. The van der Waals surface area contributed by atoms with E-state index in [1.165, 1.54) is 0 Å². The molecule has 2 N–H and O–H groups in total. The molecule has 0 unspecified atom stereocenters. The topological polar surface area (TPSA) is 92.4 Å². The van der Waals surface area contributed by atoms with E-state index in [2.05, 4.69) is 20.4 Å². The first-order valence-corrected chi connectivity index (χ1v) is 8.78. The summed E-state index contributed by atoms with van der Waals surface area (Å²) in [4.78, 5) is 21.2. The normalized spacial score (nSPS) is 20.5. The van der Waals surface area contributed by atoms with Crippen molar-refractivity contribution < 1.29 is 9.90 Å². The predicted octanol–water partition coefficient (Wildman–Crippen LogP) is 1.54. The zero-order chi connectivity index (χ0) is 18.1. The Bertz CT molecular complexity index is 918. The molecule has 26 heavy (non-hydrogen) atoms. The molecule has 7 heteroatoms. The number of nitrogens with zero attached hydrogens (tertiary/aromatic N) is 4. The van der Waals surface area contributed by atoms with Crippen LogP contribution in [0.1, 0.15) is 34.3 Å². The first kappa shape index (κ1) is 16.7. The average molecular weight is 351 g/mol. The Hall–Kier alpha value is -2.80. The second-order valence-electron chi connectivity index (χ2n) is 6.98. The third kappa shape index (κ3) is 3.30. The van der Waals surface area contributed by atoms with Crippen LogP contribution in [0.5, 0.6) is 0 Å². The van der Waals surface area contributed by atoms with Gasteiger partial charge in [-0.25, -0.2) is 9.50 Å². The minimum Gasteiger partial charge on any atom is -0.393 e. The lowest BCUT2D eigenvalue weighted by Gasteiger charge is -2.38. The van der Waals surface area contributed by atoms with Gasteiger partial charge in [-0.05, 0) is 55.4 Å². The fourth-order valence-electron chi connectivity index (χ4n) is 3.44. The van der Waals surface area contributed by atoms with Gasteiger partial charge in [0.1, 0.15) is 5.56 Å². The van der Waals surface area contributed by atoms with Gasteiger partial charge in [0.15, 0.2) is 5.65 Å². The second-order valence-corrected chi connectivity index (χ2v) is 6.98.